The summed E-state index contributed by atoms with van der Waals surface area (Å²) in [5, 5.41) is 11.7. The zero-order valence-corrected chi connectivity index (χ0v) is 13.6. The summed E-state index contributed by atoms with van der Waals surface area (Å²) in [5.41, 5.74) is 2.69. The molecule has 0 saturated carbocycles. The SMILES string of the molecule is Cc1ccc(C(=O)CCC(=O)Nc2ccc(C)cc2C(=O)O)cc1. The number of ketones is 1. The van der Waals surface area contributed by atoms with Crippen LogP contribution in [-0.4, -0.2) is 22.8 Å². The Morgan fingerprint density at radius 3 is 2.17 bits per heavy atom. The Bertz CT molecular complexity index is 778. The lowest BCUT2D eigenvalue weighted by atomic mass is 10.0. The van der Waals surface area contributed by atoms with Gasteiger partial charge in [-0.25, -0.2) is 4.79 Å². The van der Waals surface area contributed by atoms with Gasteiger partial charge in [-0.05, 0) is 26.0 Å². The number of carboxylic acids is 1. The molecular formula is C19H19NO4. The van der Waals surface area contributed by atoms with E-state index in [-0.39, 0.29) is 35.8 Å². The molecular weight excluding hydrogens is 306 g/mol. The monoisotopic (exact) mass is 325 g/mol. The third-order valence-electron chi connectivity index (χ3n) is 3.63. The van der Waals surface area contributed by atoms with E-state index >= 15 is 0 Å². The van der Waals surface area contributed by atoms with Crippen LogP contribution < -0.4 is 5.32 Å². The Labute approximate surface area is 140 Å². The van der Waals surface area contributed by atoms with Crippen LogP contribution in [-0.2, 0) is 4.79 Å². The van der Waals surface area contributed by atoms with E-state index in [0.29, 0.717) is 5.56 Å². The van der Waals surface area contributed by atoms with Crippen LogP contribution in [0.25, 0.3) is 0 Å². The van der Waals surface area contributed by atoms with E-state index in [4.69, 9.17) is 0 Å². The van der Waals surface area contributed by atoms with Crippen molar-refractivity contribution in [1.29, 1.82) is 0 Å². The molecule has 0 heterocycles. The Morgan fingerprint density at radius 1 is 0.917 bits per heavy atom. The maximum Gasteiger partial charge on any atom is 0.337 e. The molecule has 0 aromatic heterocycles. The Balaban J connectivity index is 1.98. The molecule has 1 amide bonds. The first-order chi connectivity index (χ1) is 11.4. The number of rotatable bonds is 6. The fraction of sp³-hybridized carbons (Fsp3) is 0.211. The molecule has 124 valence electrons. The molecule has 24 heavy (non-hydrogen) atoms. The smallest absolute Gasteiger partial charge is 0.337 e. The third-order valence-corrected chi connectivity index (χ3v) is 3.63. The molecule has 2 N–H and O–H groups in total. The van der Waals surface area contributed by atoms with E-state index in [1.807, 2.05) is 19.1 Å². The molecule has 5 nitrogen and oxygen atoms in total. The number of hydrogen-bond donors (Lipinski definition) is 2. The van der Waals surface area contributed by atoms with Crippen LogP contribution in [0.4, 0.5) is 5.69 Å². The molecule has 0 aliphatic carbocycles. The molecule has 5 heteroatoms. The number of carbonyl (C=O) groups is 3. The maximum absolute atomic E-state index is 12.1. The van der Waals surface area contributed by atoms with Crippen LogP contribution >= 0.6 is 0 Å². The average Bonchev–Trinajstić information content (AvgIpc) is 2.54. The lowest BCUT2D eigenvalue weighted by Gasteiger charge is -2.09. The molecule has 2 rings (SSSR count). The second kappa shape index (κ2) is 7.55. The first kappa shape index (κ1) is 17.4. The van der Waals surface area contributed by atoms with Crippen molar-refractivity contribution in [2.24, 2.45) is 0 Å². The highest BCUT2D eigenvalue weighted by molar-refractivity contribution is 6.03. The van der Waals surface area contributed by atoms with Crippen molar-refractivity contribution >= 4 is 23.3 Å². The van der Waals surface area contributed by atoms with Crippen molar-refractivity contribution < 1.29 is 19.5 Å². The number of hydrogen-bond acceptors (Lipinski definition) is 3. The van der Waals surface area contributed by atoms with E-state index in [0.717, 1.165) is 11.1 Å². The van der Waals surface area contributed by atoms with Crippen molar-refractivity contribution in [2.45, 2.75) is 26.7 Å². The van der Waals surface area contributed by atoms with Crippen molar-refractivity contribution in [3.05, 3.63) is 64.7 Å². The standard InChI is InChI=1S/C19H19NO4/c1-12-3-6-14(7-4-12)17(21)9-10-18(22)20-16-8-5-13(2)11-15(16)19(23)24/h3-8,11H,9-10H2,1-2H3,(H,20,22)(H,23,24). The zero-order chi connectivity index (χ0) is 17.7. The van der Waals surface area contributed by atoms with Gasteiger partial charge in [-0.3, -0.25) is 9.59 Å². The topological polar surface area (TPSA) is 83.5 Å². The molecule has 0 aliphatic rings. The van der Waals surface area contributed by atoms with Crippen molar-refractivity contribution in [3.8, 4) is 0 Å². The number of anilines is 1. The molecule has 0 atom stereocenters. The lowest BCUT2D eigenvalue weighted by molar-refractivity contribution is -0.116. The Kier molecular flexibility index (Phi) is 5.47. The first-order valence-corrected chi connectivity index (χ1v) is 7.60. The second-order valence-corrected chi connectivity index (χ2v) is 5.69. The molecule has 2 aromatic rings. The van der Waals surface area contributed by atoms with Crippen LogP contribution in [0.3, 0.4) is 0 Å². The van der Waals surface area contributed by atoms with Crippen LogP contribution in [0, 0.1) is 13.8 Å². The van der Waals surface area contributed by atoms with Crippen LogP contribution in [0.2, 0.25) is 0 Å². The Morgan fingerprint density at radius 2 is 1.54 bits per heavy atom. The number of aromatic carboxylic acids is 1. The van der Waals surface area contributed by atoms with Gasteiger partial charge in [0, 0.05) is 18.4 Å². The fourth-order valence-corrected chi connectivity index (χ4v) is 2.27. The van der Waals surface area contributed by atoms with Gasteiger partial charge in [0.2, 0.25) is 5.91 Å². The maximum atomic E-state index is 12.1. The number of carboxylic acid groups (broad SMARTS) is 1. The van der Waals surface area contributed by atoms with Crippen molar-refractivity contribution in [2.75, 3.05) is 5.32 Å². The summed E-state index contributed by atoms with van der Waals surface area (Å²) in [6.07, 6.45) is 0.0722. The number of benzene rings is 2. The minimum Gasteiger partial charge on any atom is -0.478 e. The summed E-state index contributed by atoms with van der Waals surface area (Å²) >= 11 is 0. The number of carbonyl (C=O) groups excluding carboxylic acids is 2. The van der Waals surface area contributed by atoms with Gasteiger partial charge in [0.25, 0.3) is 0 Å². The van der Waals surface area contributed by atoms with Gasteiger partial charge in [-0.15, -0.1) is 0 Å². The first-order valence-electron chi connectivity index (χ1n) is 7.60. The van der Waals surface area contributed by atoms with E-state index < -0.39 is 5.97 Å². The molecule has 0 spiro atoms. The van der Waals surface area contributed by atoms with E-state index in [2.05, 4.69) is 5.32 Å². The number of amides is 1. The highest BCUT2D eigenvalue weighted by Gasteiger charge is 2.14. The lowest BCUT2D eigenvalue weighted by Crippen LogP contribution is -2.16. The van der Waals surface area contributed by atoms with Gasteiger partial charge in [-0.1, -0.05) is 41.5 Å². The van der Waals surface area contributed by atoms with Gasteiger partial charge in [0.1, 0.15) is 0 Å². The summed E-state index contributed by atoms with van der Waals surface area (Å²) in [6.45, 7) is 3.71. The van der Waals surface area contributed by atoms with Crippen LogP contribution in [0.1, 0.15) is 44.7 Å². The number of aryl methyl sites for hydroxylation is 2. The predicted molar refractivity (Wildman–Crippen MR) is 91.5 cm³/mol. The van der Waals surface area contributed by atoms with Gasteiger partial charge in [0.05, 0.1) is 11.3 Å². The van der Waals surface area contributed by atoms with Crippen molar-refractivity contribution in [3.63, 3.8) is 0 Å². The molecule has 0 aliphatic heterocycles. The van der Waals surface area contributed by atoms with Gasteiger partial charge < -0.3 is 10.4 Å². The van der Waals surface area contributed by atoms with Gasteiger partial charge >= 0.3 is 5.97 Å². The summed E-state index contributed by atoms with van der Waals surface area (Å²) < 4.78 is 0. The Hall–Kier alpha value is -2.95. The molecule has 0 saturated heterocycles. The second-order valence-electron chi connectivity index (χ2n) is 5.69. The average molecular weight is 325 g/mol. The highest BCUT2D eigenvalue weighted by Crippen LogP contribution is 2.18. The molecule has 2 aromatic carbocycles. The number of Topliss-reactive ketones (excluding diaryl/α,β-unsaturated/α-hetero) is 1. The summed E-state index contributed by atoms with van der Waals surface area (Å²) in [5.74, 6) is -1.61. The highest BCUT2D eigenvalue weighted by atomic mass is 16.4. The van der Waals surface area contributed by atoms with E-state index in [1.54, 1.807) is 31.2 Å². The fourth-order valence-electron chi connectivity index (χ4n) is 2.27. The number of nitrogens with one attached hydrogen (secondary N) is 1. The summed E-state index contributed by atoms with van der Waals surface area (Å²) in [7, 11) is 0. The molecule has 0 radical (unpaired) electrons. The minimum atomic E-state index is -1.11. The molecule has 0 fully saturated rings. The van der Waals surface area contributed by atoms with Crippen LogP contribution in [0.5, 0.6) is 0 Å². The van der Waals surface area contributed by atoms with E-state index in [1.165, 1.54) is 6.07 Å². The molecule has 0 bridgehead atoms. The van der Waals surface area contributed by atoms with Crippen molar-refractivity contribution in [1.82, 2.24) is 0 Å². The summed E-state index contributed by atoms with van der Waals surface area (Å²) in [4.78, 5) is 35.3. The largest absolute Gasteiger partial charge is 0.478 e. The van der Waals surface area contributed by atoms with Gasteiger partial charge in [-0.2, -0.15) is 0 Å². The zero-order valence-electron chi connectivity index (χ0n) is 13.6. The third kappa shape index (κ3) is 4.52. The minimum absolute atomic E-state index is 0.000352. The quantitative estimate of drug-likeness (QED) is 0.795. The normalized spacial score (nSPS) is 10.2. The van der Waals surface area contributed by atoms with Gasteiger partial charge in [0.15, 0.2) is 5.78 Å². The summed E-state index contributed by atoms with van der Waals surface area (Å²) in [6, 6.07) is 11.9. The van der Waals surface area contributed by atoms with E-state index in [9.17, 15) is 19.5 Å². The molecule has 0 unspecified atom stereocenters. The predicted octanol–water partition coefficient (Wildman–Crippen LogP) is 3.60. The van der Waals surface area contributed by atoms with Crippen LogP contribution in [0.15, 0.2) is 42.5 Å².